The van der Waals surface area contributed by atoms with Crippen LogP contribution in [0.3, 0.4) is 0 Å². The summed E-state index contributed by atoms with van der Waals surface area (Å²) >= 11 is 1.14. The van der Waals surface area contributed by atoms with Crippen molar-refractivity contribution in [2.45, 2.75) is 18.6 Å². The second-order valence-corrected chi connectivity index (χ2v) is 7.96. The molecular formula is C21H26N4O4S. The summed E-state index contributed by atoms with van der Waals surface area (Å²) in [5.41, 5.74) is 0.707. The number of hydrogen-bond acceptors (Lipinski definition) is 7. The molecule has 0 bridgehead atoms. The number of amides is 1. The standard InChI is InChI=1S/C21H26N4O4S/c1-4-8-25-20(28)16-7-6-15(19(27)24-11-9-23(3)10-12-24)13-17(16)22-21(25)30-14-18(26)29-5-2/h4,6-7,13H,1,5,8-12,14H2,2-3H3. The second-order valence-electron chi connectivity index (χ2n) is 7.02. The van der Waals surface area contributed by atoms with E-state index in [1.54, 1.807) is 31.2 Å². The number of aromatic nitrogens is 2. The molecule has 1 saturated heterocycles. The van der Waals surface area contributed by atoms with Gasteiger partial charge in [0.15, 0.2) is 5.16 Å². The Labute approximate surface area is 179 Å². The Balaban J connectivity index is 1.94. The summed E-state index contributed by atoms with van der Waals surface area (Å²) in [6.45, 7) is 9.00. The molecule has 1 aromatic carbocycles. The average molecular weight is 431 g/mol. The minimum absolute atomic E-state index is 0.0445. The molecule has 0 aliphatic carbocycles. The molecule has 0 atom stereocenters. The molecule has 1 aromatic heterocycles. The first-order chi connectivity index (χ1) is 14.4. The number of carbonyl (C=O) groups excluding carboxylic acids is 2. The van der Waals surface area contributed by atoms with Gasteiger partial charge in [-0.2, -0.15) is 0 Å². The van der Waals surface area contributed by atoms with E-state index in [1.807, 2.05) is 11.9 Å². The van der Waals surface area contributed by atoms with Gasteiger partial charge in [-0.05, 0) is 32.2 Å². The summed E-state index contributed by atoms with van der Waals surface area (Å²) < 4.78 is 6.43. The minimum Gasteiger partial charge on any atom is -0.465 e. The molecule has 1 aliphatic heterocycles. The topological polar surface area (TPSA) is 84.7 Å². The lowest BCUT2D eigenvalue weighted by molar-refractivity contribution is -0.139. The van der Waals surface area contributed by atoms with Gasteiger partial charge in [-0.25, -0.2) is 4.98 Å². The van der Waals surface area contributed by atoms with Gasteiger partial charge in [-0.15, -0.1) is 6.58 Å². The van der Waals surface area contributed by atoms with Crippen LogP contribution in [0.1, 0.15) is 17.3 Å². The largest absolute Gasteiger partial charge is 0.465 e. The van der Waals surface area contributed by atoms with Gasteiger partial charge in [-0.1, -0.05) is 17.8 Å². The molecule has 0 saturated carbocycles. The summed E-state index contributed by atoms with van der Waals surface area (Å²) in [7, 11) is 2.03. The van der Waals surface area contributed by atoms with Gasteiger partial charge >= 0.3 is 5.97 Å². The van der Waals surface area contributed by atoms with Crippen molar-refractivity contribution in [1.82, 2.24) is 19.4 Å². The van der Waals surface area contributed by atoms with E-state index in [4.69, 9.17) is 4.74 Å². The van der Waals surface area contributed by atoms with Crippen LogP contribution in [-0.4, -0.2) is 76.8 Å². The zero-order chi connectivity index (χ0) is 21.7. The Kier molecular flexibility index (Phi) is 7.28. The molecule has 1 aliphatic rings. The van der Waals surface area contributed by atoms with Crippen LogP contribution >= 0.6 is 11.8 Å². The van der Waals surface area contributed by atoms with Crippen molar-refractivity contribution in [3.05, 3.63) is 46.8 Å². The molecule has 2 heterocycles. The average Bonchev–Trinajstić information content (AvgIpc) is 2.74. The number of nitrogens with zero attached hydrogens (tertiary/aromatic N) is 4. The van der Waals surface area contributed by atoms with Crippen molar-refractivity contribution < 1.29 is 14.3 Å². The van der Waals surface area contributed by atoms with Crippen LogP contribution in [0.25, 0.3) is 10.9 Å². The van der Waals surface area contributed by atoms with Crippen LogP contribution in [-0.2, 0) is 16.1 Å². The molecule has 0 unspecified atom stereocenters. The van der Waals surface area contributed by atoms with E-state index in [9.17, 15) is 14.4 Å². The highest BCUT2D eigenvalue weighted by Gasteiger charge is 2.21. The first-order valence-corrected chi connectivity index (χ1v) is 10.8. The SMILES string of the molecule is C=CCn1c(SCC(=O)OCC)nc2cc(C(=O)N3CCN(C)CC3)ccc2c1=O. The Hall–Kier alpha value is -2.65. The lowest BCUT2D eigenvalue weighted by Crippen LogP contribution is -2.47. The number of carbonyl (C=O) groups is 2. The lowest BCUT2D eigenvalue weighted by atomic mass is 10.1. The fourth-order valence-electron chi connectivity index (χ4n) is 3.25. The molecule has 8 nitrogen and oxygen atoms in total. The Morgan fingerprint density at radius 2 is 2.00 bits per heavy atom. The van der Waals surface area contributed by atoms with E-state index in [0.717, 1.165) is 24.9 Å². The van der Waals surface area contributed by atoms with Gasteiger partial charge < -0.3 is 14.5 Å². The number of benzene rings is 1. The van der Waals surface area contributed by atoms with Crippen LogP contribution < -0.4 is 5.56 Å². The van der Waals surface area contributed by atoms with Crippen LogP contribution in [0, 0.1) is 0 Å². The quantitative estimate of drug-likeness (QED) is 0.286. The maximum atomic E-state index is 13.0. The predicted octanol–water partition coefficient (Wildman–Crippen LogP) is 1.63. The lowest BCUT2D eigenvalue weighted by Gasteiger charge is -2.32. The number of thioether (sulfide) groups is 1. The van der Waals surface area contributed by atoms with E-state index >= 15 is 0 Å². The minimum atomic E-state index is -0.374. The molecule has 1 amide bonds. The molecule has 2 aromatic rings. The summed E-state index contributed by atoms with van der Waals surface area (Å²) in [5, 5.41) is 0.817. The molecule has 9 heteroatoms. The molecule has 0 radical (unpaired) electrons. The van der Waals surface area contributed by atoms with E-state index in [0.29, 0.717) is 41.3 Å². The summed E-state index contributed by atoms with van der Waals surface area (Å²) in [5.74, 6) is -0.396. The third-order valence-corrected chi connectivity index (χ3v) is 5.84. The highest BCUT2D eigenvalue weighted by molar-refractivity contribution is 7.99. The normalized spacial score (nSPS) is 14.7. The van der Waals surface area contributed by atoms with Gasteiger partial charge in [0.2, 0.25) is 0 Å². The van der Waals surface area contributed by atoms with Crippen LogP contribution in [0.5, 0.6) is 0 Å². The number of rotatable bonds is 7. The molecular weight excluding hydrogens is 404 g/mol. The molecule has 0 spiro atoms. The first kappa shape index (κ1) is 22.0. The number of likely N-dealkylation sites (N-methyl/N-ethyl adjacent to an activating group) is 1. The number of piperazine rings is 1. The number of allylic oxidation sites excluding steroid dienone is 1. The zero-order valence-corrected chi connectivity index (χ0v) is 18.1. The van der Waals surface area contributed by atoms with Gasteiger partial charge in [0.1, 0.15) is 0 Å². The first-order valence-electron chi connectivity index (χ1n) is 9.86. The number of esters is 1. The third-order valence-electron chi connectivity index (χ3n) is 4.89. The van der Waals surface area contributed by atoms with Crippen LogP contribution in [0.15, 0.2) is 40.8 Å². The zero-order valence-electron chi connectivity index (χ0n) is 17.3. The van der Waals surface area contributed by atoms with Crippen molar-refractivity contribution >= 4 is 34.5 Å². The van der Waals surface area contributed by atoms with Crippen molar-refractivity contribution in [3.63, 3.8) is 0 Å². The number of fused-ring (bicyclic) bond motifs is 1. The van der Waals surface area contributed by atoms with Gasteiger partial charge in [0.05, 0.1) is 23.3 Å². The van der Waals surface area contributed by atoms with E-state index < -0.39 is 0 Å². The fourth-order valence-corrected chi connectivity index (χ4v) is 4.06. The predicted molar refractivity (Wildman–Crippen MR) is 117 cm³/mol. The Morgan fingerprint density at radius 1 is 1.27 bits per heavy atom. The van der Waals surface area contributed by atoms with E-state index in [-0.39, 0.29) is 29.7 Å². The Bertz CT molecular complexity index is 1010. The maximum absolute atomic E-state index is 13.0. The van der Waals surface area contributed by atoms with Crippen LogP contribution in [0.4, 0.5) is 0 Å². The van der Waals surface area contributed by atoms with E-state index in [2.05, 4.69) is 16.5 Å². The second kappa shape index (κ2) is 9.90. The van der Waals surface area contributed by atoms with Crippen molar-refractivity contribution in [1.29, 1.82) is 0 Å². The van der Waals surface area contributed by atoms with Crippen LogP contribution in [0.2, 0.25) is 0 Å². The third kappa shape index (κ3) is 4.91. The highest BCUT2D eigenvalue weighted by atomic mass is 32.2. The monoisotopic (exact) mass is 430 g/mol. The van der Waals surface area contributed by atoms with Gasteiger partial charge in [-0.3, -0.25) is 19.0 Å². The molecule has 1 fully saturated rings. The number of ether oxygens (including phenoxy) is 1. The van der Waals surface area contributed by atoms with Crippen molar-refractivity contribution in [3.8, 4) is 0 Å². The molecule has 0 N–H and O–H groups in total. The van der Waals surface area contributed by atoms with E-state index in [1.165, 1.54) is 4.57 Å². The summed E-state index contributed by atoms with van der Waals surface area (Å²) in [4.78, 5) is 46.2. The van der Waals surface area contributed by atoms with Crippen molar-refractivity contribution in [2.24, 2.45) is 0 Å². The summed E-state index contributed by atoms with van der Waals surface area (Å²) in [6.07, 6.45) is 1.61. The van der Waals surface area contributed by atoms with Crippen molar-refractivity contribution in [2.75, 3.05) is 45.6 Å². The number of hydrogen-bond donors (Lipinski definition) is 0. The molecule has 30 heavy (non-hydrogen) atoms. The smallest absolute Gasteiger partial charge is 0.316 e. The molecule has 3 rings (SSSR count). The maximum Gasteiger partial charge on any atom is 0.316 e. The van der Waals surface area contributed by atoms with Gasteiger partial charge in [0.25, 0.3) is 11.5 Å². The summed E-state index contributed by atoms with van der Waals surface area (Å²) in [6, 6.07) is 4.98. The highest BCUT2D eigenvalue weighted by Crippen LogP contribution is 2.20. The molecule has 160 valence electrons. The Morgan fingerprint density at radius 3 is 2.67 bits per heavy atom. The van der Waals surface area contributed by atoms with Gasteiger partial charge in [0, 0.05) is 38.3 Å². The fraction of sp³-hybridized carbons (Fsp3) is 0.429.